The molecule has 0 aromatic heterocycles. The van der Waals surface area contributed by atoms with Gasteiger partial charge in [-0.1, -0.05) is 36.4 Å². The van der Waals surface area contributed by atoms with Gasteiger partial charge in [0, 0.05) is 12.6 Å². The van der Waals surface area contributed by atoms with Crippen molar-refractivity contribution < 1.29 is 13.2 Å². The maximum absolute atomic E-state index is 12.7. The molecular formula is C20H24F3N. The summed E-state index contributed by atoms with van der Waals surface area (Å²) in [7, 11) is 0. The van der Waals surface area contributed by atoms with Crippen LogP contribution in [0, 0.1) is 13.8 Å². The van der Waals surface area contributed by atoms with Crippen LogP contribution in [0.5, 0.6) is 0 Å². The number of rotatable bonds is 6. The van der Waals surface area contributed by atoms with Gasteiger partial charge in [0.2, 0.25) is 0 Å². The quantitative estimate of drug-likeness (QED) is 0.742. The molecule has 0 heterocycles. The lowest BCUT2D eigenvalue weighted by Gasteiger charge is -2.15. The Morgan fingerprint density at radius 2 is 1.71 bits per heavy atom. The van der Waals surface area contributed by atoms with Crippen molar-refractivity contribution in [3.8, 4) is 0 Å². The second-order valence-electron chi connectivity index (χ2n) is 6.44. The Kier molecular flexibility index (Phi) is 6.05. The van der Waals surface area contributed by atoms with Crippen LogP contribution < -0.4 is 5.32 Å². The fourth-order valence-electron chi connectivity index (χ4n) is 2.59. The first kappa shape index (κ1) is 18.5. The predicted molar refractivity (Wildman–Crippen MR) is 92.0 cm³/mol. The third kappa shape index (κ3) is 5.38. The van der Waals surface area contributed by atoms with Gasteiger partial charge in [-0.3, -0.25) is 0 Å². The van der Waals surface area contributed by atoms with Crippen molar-refractivity contribution in [2.75, 3.05) is 0 Å². The number of alkyl halides is 3. The van der Waals surface area contributed by atoms with Gasteiger partial charge in [0.25, 0.3) is 0 Å². The fraction of sp³-hybridized carbons (Fsp3) is 0.400. The Morgan fingerprint density at radius 3 is 2.38 bits per heavy atom. The van der Waals surface area contributed by atoms with E-state index >= 15 is 0 Å². The van der Waals surface area contributed by atoms with Gasteiger partial charge in [0.15, 0.2) is 0 Å². The van der Waals surface area contributed by atoms with Crippen LogP contribution in [0.25, 0.3) is 0 Å². The molecule has 0 spiro atoms. The summed E-state index contributed by atoms with van der Waals surface area (Å²) < 4.78 is 38.1. The minimum Gasteiger partial charge on any atom is -0.310 e. The summed E-state index contributed by atoms with van der Waals surface area (Å²) in [6, 6.07) is 12.2. The van der Waals surface area contributed by atoms with Gasteiger partial charge in [-0.05, 0) is 61.9 Å². The number of hydrogen-bond acceptors (Lipinski definition) is 1. The van der Waals surface area contributed by atoms with Gasteiger partial charge in [-0.15, -0.1) is 0 Å². The first-order chi connectivity index (χ1) is 11.3. The Labute approximate surface area is 141 Å². The third-order valence-electron chi connectivity index (χ3n) is 4.35. The molecule has 2 aromatic rings. The van der Waals surface area contributed by atoms with E-state index in [0.29, 0.717) is 12.1 Å². The first-order valence-electron chi connectivity index (χ1n) is 8.21. The van der Waals surface area contributed by atoms with Gasteiger partial charge in [0.1, 0.15) is 0 Å². The molecule has 130 valence electrons. The molecule has 0 unspecified atom stereocenters. The second-order valence-corrected chi connectivity index (χ2v) is 6.44. The lowest BCUT2D eigenvalue weighted by atomic mass is 10.0. The third-order valence-corrected chi connectivity index (χ3v) is 4.35. The Bertz CT molecular complexity index is 677. The molecule has 0 bridgehead atoms. The van der Waals surface area contributed by atoms with Crippen LogP contribution in [-0.4, -0.2) is 6.04 Å². The van der Waals surface area contributed by atoms with Crippen molar-refractivity contribution >= 4 is 0 Å². The number of aryl methyl sites for hydroxylation is 3. The molecule has 0 amide bonds. The predicted octanol–water partition coefficient (Wildman–Crippen LogP) is 5.43. The molecule has 2 aromatic carbocycles. The van der Waals surface area contributed by atoms with Crippen LogP contribution in [0.2, 0.25) is 0 Å². The maximum atomic E-state index is 12.7. The van der Waals surface area contributed by atoms with Gasteiger partial charge in [-0.25, -0.2) is 0 Å². The minimum atomic E-state index is -4.29. The van der Waals surface area contributed by atoms with Crippen LogP contribution in [0.15, 0.2) is 42.5 Å². The molecule has 0 saturated carbocycles. The topological polar surface area (TPSA) is 12.0 Å². The average molecular weight is 335 g/mol. The fourth-order valence-corrected chi connectivity index (χ4v) is 2.59. The maximum Gasteiger partial charge on any atom is 0.416 e. The first-order valence-corrected chi connectivity index (χ1v) is 8.21. The van der Waals surface area contributed by atoms with Gasteiger partial charge in [0.05, 0.1) is 5.56 Å². The minimum absolute atomic E-state index is 0.237. The molecule has 0 aliphatic rings. The Balaban J connectivity index is 1.85. The van der Waals surface area contributed by atoms with Crippen molar-refractivity contribution in [2.24, 2.45) is 0 Å². The average Bonchev–Trinajstić information content (AvgIpc) is 2.53. The molecule has 0 aliphatic heterocycles. The van der Waals surface area contributed by atoms with Crippen LogP contribution >= 0.6 is 0 Å². The molecule has 0 radical (unpaired) electrons. The van der Waals surface area contributed by atoms with Gasteiger partial charge >= 0.3 is 6.18 Å². The zero-order chi connectivity index (χ0) is 17.7. The van der Waals surface area contributed by atoms with E-state index in [1.54, 1.807) is 6.07 Å². The van der Waals surface area contributed by atoms with E-state index in [-0.39, 0.29) is 6.04 Å². The Morgan fingerprint density at radius 1 is 0.958 bits per heavy atom. The molecule has 4 heteroatoms. The smallest absolute Gasteiger partial charge is 0.310 e. The number of halogens is 3. The summed E-state index contributed by atoms with van der Waals surface area (Å²) in [4.78, 5) is 0. The van der Waals surface area contributed by atoms with Gasteiger partial charge < -0.3 is 5.32 Å². The summed E-state index contributed by atoms with van der Waals surface area (Å²) in [5.41, 5.74) is 3.94. The van der Waals surface area contributed by atoms with E-state index in [4.69, 9.17) is 0 Å². The van der Waals surface area contributed by atoms with Gasteiger partial charge in [-0.2, -0.15) is 13.2 Å². The van der Waals surface area contributed by atoms with E-state index in [1.807, 2.05) is 0 Å². The van der Waals surface area contributed by atoms with Crippen molar-refractivity contribution in [1.82, 2.24) is 5.32 Å². The van der Waals surface area contributed by atoms with Crippen LogP contribution in [-0.2, 0) is 19.1 Å². The molecule has 1 atom stereocenters. The largest absolute Gasteiger partial charge is 0.416 e. The van der Waals surface area contributed by atoms with E-state index in [0.717, 1.165) is 18.9 Å². The molecule has 2 rings (SSSR count). The summed E-state index contributed by atoms with van der Waals surface area (Å²) in [5.74, 6) is 0. The summed E-state index contributed by atoms with van der Waals surface area (Å²) in [6.07, 6.45) is -2.38. The van der Waals surface area contributed by atoms with E-state index in [1.165, 1.54) is 28.8 Å². The molecule has 1 nitrogen and oxygen atoms in total. The summed E-state index contributed by atoms with van der Waals surface area (Å²) >= 11 is 0. The molecule has 0 aliphatic carbocycles. The van der Waals surface area contributed by atoms with Crippen LogP contribution in [0.4, 0.5) is 13.2 Å². The SMILES string of the molecule is Cc1ccc(CC[C@@H](C)NCc2cccc(C(F)(F)F)c2)cc1C. The van der Waals surface area contributed by atoms with Crippen LogP contribution in [0.1, 0.15) is 41.2 Å². The number of benzene rings is 2. The summed E-state index contributed by atoms with van der Waals surface area (Å²) in [5, 5.41) is 3.31. The highest BCUT2D eigenvalue weighted by Gasteiger charge is 2.30. The number of nitrogens with one attached hydrogen (secondary N) is 1. The van der Waals surface area contributed by atoms with Crippen molar-refractivity contribution in [3.05, 3.63) is 70.3 Å². The zero-order valence-electron chi connectivity index (χ0n) is 14.4. The lowest BCUT2D eigenvalue weighted by Crippen LogP contribution is -2.26. The monoisotopic (exact) mass is 335 g/mol. The summed E-state index contributed by atoms with van der Waals surface area (Å²) in [6.45, 7) is 6.71. The molecule has 0 saturated heterocycles. The van der Waals surface area contributed by atoms with E-state index < -0.39 is 11.7 Å². The van der Waals surface area contributed by atoms with E-state index in [2.05, 4.69) is 44.3 Å². The highest BCUT2D eigenvalue weighted by Crippen LogP contribution is 2.29. The Hall–Kier alpha value is -1.81. The molecular weight excluding hydrogens is 311 g/mol. The number of hydrogen-bond donors (Lipinski definition) is 1. The lowest BCUT2D eigenvalue weighted by molar-refractivity contribution is -0.137. The zero-order valence-corrected chi connectivity index (χ0v) is 14.4. The van der Waals surface area contributed by atoms with Crippen molar-refractivity contribution in [1.29, 1.82) is 0 Å². The van der Waals surface area contributed by atoms with E-state index in [9.17, 15) is 13.2 Å². The molecule has 1 N–H and O–H groups in total. The highest BCUT2D eigenvalue weighted by molar-refractivity contribution is 5.30. The molecule has 0 fully saturated rings. The normalized spacial score (nSPS) is 13.1. The van der Waals surface area contributed by atoms with Crippen LogP contribution in [0.3, 0.4) is 0 Å². The second kappa shape index (κ2) is 7.84. The van der Waals surface area contributed by atoms with Crippen molar-refractivity contribution in [2.45, 2.75) is 52.4 Å². The molecule has 24 heavy (non-hydrogen) atoms. The highest BCUT2D eigenvalue weighted by atomic mass is 19.4. The standard InChI is InChI=1S/C20H24F3N/c1-14-7-9-17(11-15(14)2)10-8-16(3)24-13-18-5-4-6-19(12-18)20(21,22)23/h4-7,9,11-12,16,24H,8,10,13H2,1-3H3/t16-/m1/s1. The van der Waals surface area contributed by atoms with Crippen molar-refractivity contribution in [3.63, 3.8) is 0 Å².